The molecule has 20 heavy (non-hydrogen) atoms. The van der Waals surface area contributed by atoms with Crippen LogP contribution < -0.4 is 10.6 Å². The summed E-state index contributed by atoms with van der Waals surface area (Å²) in [4.78, 5) is 29.5. The van der Waals surface area contributed by atoms with E-state index in [1.54, 1.807) is 12.3 Å². The van der Waals surface area contributed by atoms with Gasteiger partial charge in [-0.3, -0.25) is 4.79 Å². The zero-order chi connectivity index (χ0) is 14.6. The molecule has 7 heteroatoms. The molecule has 0 atom stereocenters. The van der Waals surface area contributed by atoms with Gasteiger partial charge in [-0.25, -0.2) is 14.8 Å². The first-order valence-corrected chi connectivity index (χ1v) is 6.67. The third-order valence-corrected chi connectivity index (χ3v) is 2.68. The number of aromatic nitrogens is 2. The average molecular weight is 280 g/mol. The van der Waals surface area contributed by atoms with E-state index in [1.165, 1.54) is 6.33 Å². The van der Waals surface area contributed by atoms with E-state index in [0.29, 0.717) is 19.5 Å². The van der Waals surface area contributed by atoms with Crippen molar-refractivity contribution in [2.45, 2.75) is 38.6 Å². The highest BCUT2D eigenvalue weighted by Crippen LogP contribution is 2.02. The van der Waals surface area contributed by atoms with Crippen LogP contribution in [0.3, 0.4) is 0 Å². The quantitative estimate of drug-likeness (QED) is 0.592. The van der Waals surface area contributed by atoms with Gasteiger partial charge in [0, 0.05) is 19.2 Å². The zero-order valence-electron chi connectivity index (χ0n) is 11.3. The minimum absolute atomic E-state index is 0.215. The molecule has 0 saturated heterocycles. The van der Waals surface area contributed by atoms with Gasteiger partial charge in [0.15, 0.2) is 0 Å². The van der Waals surface area contributed by atoms with Crippen molar-refractivity contribution >= 4 is 12.0 Å². The van der Waals surface area contributed by atoms with Crippen LogP contribution in [0.4, 0.5) is 4.79 Å². The summed E-state index contributed by atoms with van der Waals surface area (Å²) in [5.41, 5.74) is 0.754. The molecule has 0 radical (unpaired) electrons. The second-order valence-corrected chi connectivity index (χ2v) is 4.37. The number of aliphatic carboxylic acids is 1. The van der Waals surface area contributed by atoms with Crippen LogP contribution in [0.15, 0.2) is 18.6 Å². The Kier molecular flexibility index (Phi) is 7.71. The van der Waals surface area contributed by atoms with E-state index in [-0.39, 0.29) is 12.5 Å². The Labute approximate surface area is 117 Å². The minimum Gasteiger partial charge on any atom is -0.481 e. The first-order chi connectivity index (χ1) is 9.68. The van der Waals surface area contributed by atoms with Gasteiger partial charge in [-0.1, -0.05) is 12.8 Å². The number of urea groups is 1. The molecule has 7 nitrogen and oxygen atoms in total. The number of nitrogens with zero attached hydrogens (tertiary/aromatic N) is 2. The Morgan fingerprint density at radius 3 is 2.65 bits per heavy atom. The van der Waals surface area contributed by atoms with Gasteiger partial charge in [-0.05, 0) is 18.9 Å². The van der Waals surface area contributed by atoms with Gasteiger partial charge in [0.2, 0.25) is 0 Å². The lowest BCUT2D eigenvalue weighted by Crippen LogP contribution is -2.35. The normalized spacial score (nSPS) is 10.0. The van der Waals surface area contributed by atoms with E-state index in [0.717, 1.165) is 25.0 Å². The second kappa shape index (κ2) is 9.71. The molecule has 0 aromatic carbocycles. The molecule has 0 aliphatic carbocycles. The summed E-state index contributed by atoms with van der Waals surface area (Å²) in [5.74, 6) is -0.757. The largest absolute Gasteiger partial charge is 0.481 e. The number of amides is 2. The van der Waals surface area contributed by atoms with Gasteiger partial charge in [0.1, 0.15) is 6.33 Å². The van der Waals surface area contributed by atoms with Crippen molar-refractivity contribution in [3.8, 4) is 0 Å². The van der Waals surface area contributed by atoms with Crippen molar-refractivity contribution in [2.24, 2.45) is 0 Å². The van der Waals surface area contributed by atoms with Gasteiger partial charge >= 0.3 is 12.0 Å². The molecular formula is C13H20N4O3. The maximum atomic E-state index is 11.5. The molecule has 1 heterocycles. The maximum absolute atomic E-state index is 11.5. The fourth-order valence-corrected chi connectivity index (χ4v) is 1.61. The lowest BCUT2D eigenvalue weighted by atomic mass is 10.1. The summed E-state index contributed by atoms with van der Waals surface area (Å²) in [6.45, 7) is 0.954. The summed E-state index contributed by atoms with van der Waals surface area (Å²) in [7, 11) is 0. The predicted octanol–water partition coefficient (Wildman–Crippen LogP) is 1.31. The summed E-state index contributed by atoms with van der Waals surface area (Å²) >= 11 is 0. The molecule has 1 aromatic rings. The smallest absolute Gasteiger partial charge is 0.315 e. The van der Waals surface area contributed by atoms with Crippen LogP contribution in [0.1, 0.15) is 37.8 Å². The molecule has 0 bridgehead atoms. The lowest BCUT2D eigenvalue weighted by molar-refractivity contribution is -0.137. The van der Waals surface area contributed by atoms with Crippen LogP contribution in [0.25, 0.3) is 0 Å². The SMILES string of the molecule is O=C(O)CCCCCCNC(=O)NCc1ccncn1. The summed E-state index contributed by atoms with van der Waals surface area (Å²) in [6, 6.07) is 1.51. The molecule has 2 amide bonds. The Morgan fingerprint density at radius 1 is 1.15 bits per heavy atom. The van der Waals surface area contributed by atoms with Crippen molar-refractivity contribution in [2.75, 3.05) is 6.54 Å². The third kappa shape index (κ3) is 8.02. The summed E-state index contributed by atoms with van der Waals surface area (Å²) < 4.78 is 0. The molecular weight excluding hydrogens is 260 g/mol. The molecule has 3 N–H and O–H groups in total. The van der Waals surface area contributed by atoms with Crippen LogP contribution in [0, 0.1) is 0 Å². The lowest BCUT2D eigenvalue weighted by Gasteiger charge is -2.07. The van der Waals surface area contributed by atoms with Crippen molar-refractivity contribution in [1.29, 1.82) is 0 Å². The number of nitrogens with one attached hydrogen (secondary N) is 2. The molecule has 0 saturated carbocycles. The third-order valence-electron chi connectivity index (χ3n) is 2.68. The van der Waals surface area contributed by atoms with Crippen LogP contribution in [0.5, 0.6) is 0 Å². The van der Waals surface area contributed by atoms with Gasteiger partial charge in [0.05, 0.1) is 12.2 Å². The topological polar surface area (TPSA) is 104 Å². The Bertz CT molecular complexity index is 411. The fourth-order valence-electron chi connectivity index (χ4n) is 1.61. The van der Waals surface area contributed by atoms with Crippen molar-refractivity contribution in [1.82, 2.24) is 20.6 Å². The number of rotatable bonds is 9. The number of hydrogen-bond acceptors (Lipinski definition) is 4. The molecule has 1 rings (SSSR count). The van der Waals surface area contributed by atoms with Crippen molar-refractivity contribution < 1.29 is 14.7 Å². The summed E-state index contributed by atoms with van der Waals surface area (Å²) in [5, 5.41) is 13.9. The van der Waals surface area contributed by atoms with Gasteiger partial charge < -0.3 is 15.7 Å². The van der Waals surface area contributed by atoms with E-state index in [9.17, 15) is 9.59 Å². The maximum Gasteiger partial charge on any atom is 0.315 e. The molecule has 110 valence electrons. The number of unbranched alkanes of at least 4 members (excludes halogenated alkanes) is 3. The van der Waals surface area contributed by atoms with Crippen LogP contribution in [0.2, 0.25) is 0 Å². The van der Waals surface area contributed by atoms with E-state index in [4.69, 9.17) is 5.11 Å². The average Bonchev–Trinajstić information content (AvgIpc) is 2.45. The second-order valence-electron chi connectivity index (χ2n) is 4.37. The molecule has 1 aromatic heterocycles. The highest BCUT2D eigenvalue weighted by molar-refractivity contribution is 5.73. The minimum atomic E-state index is -0.757. The highest BCUT2D eigenvalue weighted by atomic mass is 16.4. The molecule has 0 aliphatic rings. The number of carbonyl (C=O) groups excluding carboxylic acids is 1. The Morgan fingerprint density at radius 2 is 1.95 bits per heavy atom. The highest BCUT2D eigenvalue weighted by Gasteiger charge is 2.00. The number of carboxylic acids is 1. The first kappa shape index (κ1) is 15.9. The Balaban J connectivity index is 1.96. The van der Waals surface area contributed by atoms with Gasteiger partial charge in [-0.2, -0.15) is 0 Å². The monoisotopic (exact) mass is 280 g/mol. The predicted molar refractivity (Wildman–Crippen MR) is 73.0 cm³/mol. The fraction of sp³-hybridized carbons (Fsp3) is 0.538. The zero-order valence-corrected chi connectivity index (χ0v) is 11.3. The number of hydrogen-bond donors (Lipinski definition) is 3. The molecule has 0 fully saturated rings. The van der Waals surface area contributed by atoms with E-state index < -0.39 is 5.97 Å². The number of carbonyl (C=O) groups is 2. The standard InChI is InChI=1S/C13H20N4O3/c18-12(19)5-3-1-2-4-7-15-13(20)16-9-11-6-8-14-10-17-11/h6,8,10H,1-5,7,9H2,(H,18,19)(H2,15,16,20). The van der Waals surface area contributed by atoms with E-state index >= 15 is 0 Å². The first-order valence-electron chi connectivity index (χ1n) is 6.67. The number of carboxylic acid groups (broad SMARTS) is 1. The van der Waals surface area contributed by atoms with Crippen molar-refractivity contribution in [3.05, 3.63) is 24.3 Å². The summed E-state index contributed by atoms with van der Waals surface area (Å²) in [6.07, 6.45) is 6.60. The van der Waals surface area contributed by atoms with Gasteiger partial charge in [0.25, 0.3) is 0 Å². The molecule has 0 aliphatic heterocycles. The molecule has 0 unspecified atom stereocenters. The Hall–Kier alpha value is -2.18. The van der Waals surface area contributed by atoms with Crippen LogP contribution in [-0.4, -0.2) is 33.6 Å². The van der Waals surface area contributed by atoms with Crippen LogP contribution in [-0.2, 0) is 11.3 Å². The van der Waals surface area contributed by atoms with Gasteiger partial charge in [-0.15, -0.1) is 0 Å². The van der Waals surface area contributed by atoms with E-state index in [2.05, 4.69) is 20.6 Å². The van der Waals surface area contributed by atoms with E-state index in [1.807, 2.05) is 0 Å². The van der Waals surface area contributed by atoms with Crippen molar-refractivity contribution in [3.63, 3.8) is 0 Å². The van der Waals surface area contributed by atoms with Crippen LogP contribution >= 0.6 is 0 Å². The molecule has 0 spiro atoms.